The van der Waals surface area contributed by atoms with Crippen molar-refractivity contribution in [1.29, 1.82) is 0 Å². The number of cyclic esters (lactones) is 2. The fraction of sp³-hybridized carbons (Fsp3) is 0.660. The maximum absolute atomic E-state index is 14.4. The van der Waals surface area contributed by atoms with Crippen molar-refractivity contribution >= 4 is 36.7 Å². The van der Waals surface area contributed by atoms with E-state index in [0.717, 1.165) is 16.8 Å². The molecular weight excluding hydrogens is 833 g/mol. The molecule has 0 radical (unpaired) electrons. The molecule has 3 aliphatic heterocycles. The highest BCUT2D eigenvalue weighted by Crippen LogP contribution is 2.43. The average molecular weight is 909 g/mol. The topological polar surface area (TPSA) is 140 Å². The van der Waals surface area contributed by atoms with Gasteiger partial charge in [0.05, 0.1) is 36.1 Å². The number of methoxy groups -OCH3 is 1. The smallest absolute Gasteiger partial charge is 0.408 e. The summed E-state index contributed by atoms with van der Waals surface area (Å²) in [5.74, 6) is -2.60. The number of carbonyl (C=O) groups excluding carboxylic acids is 3. The molecular formula is C50H76N2O11Si. The Morgan fingerprint density at radius 3 is 2.03 bits per heavy atom. The highest BCUT2D eigenvalue weighted by atomic mass is 28.4. The van der Waals surface area contributed by atoms with Gasteiger partial charge in [-0.1, -0.05) is 109 Å². The van der Waals surface area contributed by atoms with Crippen LogP contribution in [0.15, 0.2) is 72.0 Å². The van der Waals surface area contributed by atoms with Crippen molar-refractivity contribution in [3.05, 3.63) is 72.0 Å². The van der Waals surface area contributed by atoms with Crippen LogP contribution in [0.4, 0.5) is 4.79 Å². The minimum Gasteiger partial charge on any atom is -0.464 e. The molecule has 11 atom stereocenters. The third-order valence-corrected chi connectivity index (χ3v) is 18.7. The Hall–Kier alpha value is -3.79. The molecule has 0 aliphatic carbocycles. The van der Waals surface area contributed by atoms with Gasteiger partial charge >= 0.3 is 18.0 Å². The predicted octanol–water partition coefficient (Wildman–Crippen LogP) is 7.49. The third-order valence-electron chi connectivity index (χ3n) is 13.6. The van der Waals surface area contributed by atoms with Gasteiger partial charge in [-0.2, -0.15) is 0 Å². The number of ether oxygens (including phenoxy) is 7. The number of hydrogen-bond donors (Lipinski definition) is 1. The number of amides is 1. The Morgan fingerprint density at radius 1 is 0.938 bits per heavy atom. The van der Waals surface area contributed by atoms with Crippen LogP contribution in [0.5, 0.6) is 0 Å². The Kier molecular flexibility index (Phi) is 16.0. The molecule has 0 saturated carbocycles. The zero-order valence-electron chi connectivity index (χ0n) is 41.2. The van der Waals surface area contributed by atoms with E-state index in [1.165, 1.54) is 0 Å². The van der Waals surface area contributed by atoms with Gasteiger partial charge in [-0.25, -0.2) is 14.4 Å². The number of rotatable bonds is 18. The summed E-state index contributed by atoms with van der Waals surface area (Å²) in [6, 6.07) is 19.5. The summed E-state index contributed by atoms with van der Waals surface area (Å²) in [4.78, 5) is 42.9. The second-order valence-corrected chi connectivity index (χ2v) is 24.7. The predicted molar refractivity (Wildman–Crippen MR) is 248 cm³/mol. The van der Waals surface area contributed by atoms with Gasteiger partial charge in [0.1, 0.15) is 5.76 Å². The van der Waals surface area contributed by atoms with Crippen LogP contribution in [0.2, 0.25) is 5.04 Å². The maximum Gasteiger partial charge on any atom is 0.408 e. The van der Waals surface area contributed by atoms with E-state index in [0.29, 0.717) is 24.2 Å². The van der Waals surface area contributed by atoms with Gasteiger partial charge in [0.2, 0.25) is 5.79 Å². The summed E-state index contributed by atoms with van der Waals surface area (Å²) in [5, 5.41) is 4.55. The maximum atomic E-state index is 14.4. The van der Waals surface area contributed by atoms with Crippen LogP contribution in [0.3, 0.4) is 0 Å². The Morgan fingerprint density at radius 2 is 1.52 bits per heavy atom. The van der Waals surface area contributed by atoms with Crippen molar-refractivity contribution in [2.24, 2.45) is 17.8 Å². The van der Waals surface area contributed by atoms with Crippen molar-refractivity contribution in [3.63, 3.8) is 0 Å². The molecule has 2 aromatic rings. The summed E-state index contributed by atoms with van der Waals surface area (Å²) < 4.78 is 51.6. The second kappa shape index (κ2) is 20.0. The second-order valence-electron chi connectivity index (χ2n) is 20.5. The molecule has 2 saturated heterocycles. The highest BCUT2D eigenvalue weighted by Gasteiger charge is 2.60. The van der Waals surface area contributed by atoms with E-state index >= 15 is 0 Å². The van der Waals surface area contributed by atoms with E-state index in [1.54, 1.807) is 34.8 Å². The van der Waals surface area contributed by atoms with Gasteiger partial charge in [0, 0.05) is 38.8 Å². The van der Waals surface area contributed by atoms with E-state index in [2.05, 4.69) is 76.3 Å². The van der Waals surface area contributed by atoms with Crippen molar-refractivity contribution in [3.8, 4) is 0 Å². The molecule has 2 fully saturated rings. The minimum absolute atomic E-state index is 0.00133. The first kappa shape index (κ1) is 51.2. The first-order valence-corrected chi connectivity index (χ1v) is 24.9. The lowest BCUT2D eigenvalue weighted by atomic mass is 9.80. The van der Waals surface area contributed by atoms with Gasteiger partial charge in [-0.3, -0.25) is 0 Å². The zero-order valence-corrected chi connectivity index (χ0v) is 42.2. The molecule has 3 aliphatic rings. The third kappa shape index (κ3) is 10.6. The standard InChI is InChI=1S/C50H76N2O11Si/c1-17-39(63-64(47(7,8)9,36-24-20-18-21-25-36)37-26-22-19-23-27-37)50(13)41(51-46(55)62-50)44(54)57-30-31(2)29-49(12,56-16)42(34(5)40-35(6)43(53)61-48(10,11)60-40)59-45-33(4)38(52(14)15)28-32(3)58-45/h18-27,31-34,38-39,41-42,45H,17,28-30H2,1-16H3,(H,51,55)/t31-,32-,33-,34+,38?,39-,41-,42-,45+,49-,50-/m1/s1. The lowest BCUT2D eigenvalue weighted by Crippen LogP contribution is -2.70. The van der Waals surface area contributed by atoms with Crippen LogP contribution in [0.1, 0.15) is 109 Å². The molecule has 0 spiro atoms. The Balaban J connectivity index is 1.42. The van der Waals surface area contributed by atoms with Crippen LogP contribution < -0.4 is 15.7 Å². The SMILES string of the molecule is CC[C@@H](O[Si](c1ccccc1)(c1ccccc1)C(C)(C)C)[C@@]1(C)OC(=O)N[C@@H]1C(=O)OC[C@H](C)C[C@@](C)(OC)[C@H](O[C@@H]1O[C@H](C)CC(N(C)C)[C@H]1C)[C@@H](C)C1=C(C)C(=O)OC(C)(C)O1. The average Bonchev–Trinajstić information content (AvgIpc) is 3.55. The number of nitrogens with zero attached hydrogens (tertiary/aromatic N) is 1. The van der Waals surface area contributed by atoms with E-state index < -0.39 is 73.8 Å². The van der Waals surface area contributed by atoms with Gasteiger partial charge in [0.15, 0.2) is 17.9 Å². The highest BCUT2D eigenvalue weighted by molar-refractivity contribution is 6.99. The fourth-order valence-electron chi connectivity index (χ4n) is 10.2. The van der Waals surface area contributed by atoms with Gasteiger partial charge in [-0.05, 0) is 82.4 Å². The van der Waals surface area contributed by atoms with E-state index in [9.17, 15) is 14.4 Å². The molecule has 0 bridgehead atoms. The molecule has 1 N–H and O–H groups in total. The summed E-state index contributed by atoms with van der Waals surface area (Å²) >= 11 is 0. The van der Waals surface area contributed by atoms with Crippen LogP contribution in [0, 0.1) is 17.8 Å². The Bertz CT molecular complexity index is 1920. The summed E-state index contributed by atoms with van der Waals surface area (Å²) in [7, 11) is 2.63. The first-order chi connectivity index (χ1) is 29.8. The van der Waals surface area contributed by atoms with E-state index in [4.69, 9.17) is 37.6 Å². The molecule has 13 nitrogen and oxygen atoms in total. The molecule has 5 rings (SSSR count). The lowest BCUT2D eigenvalue weighted by molar-refractivity contribution is -0.285. The number of nitrogens with one attached hydrogen (secondary N) is 1. The number of carbonyl (C=O) groups is 3. The molecule has 0 aromatic heterocycles. The minimum atomic E-state index is -3.13. The van der Waals surface area contributed by atoms with Gasteiger partial charge in [-0.15, -0.1) is 0 Å². The van der Waals surface area contributed by atoms with Crippen molar-refractivity contribution < 1.29 is 52.0 Å². The van der Waals surface area contributed by atoms with Gasteiger partial charge < -0.3 is 47.8 Å². The lowest BCUT2D eigenvalue weighted by Gasteiger charge is -2.48. The van der Waals surface area contributed by atoms with E-state index in [-0.39, 0.29) is 35.6 Å². The number of benzene rings is 2. The molecule has 64 heavy (non-hydrogen) atoms. The van der Waals surface area contributed by atoms with Crippen molar-refractivity contribution in [1.82, 2.24) is 10.2 Å². The quantitative estimate of drug-likeness (QED) is 0.0901. The Labute approximate surface area is 383 Å². The molecule has 1 amide bonds. The first-order valence-electron chi connectivity index (χ1n) is 22.9. The normalized spacial score (nSPS) is 27.9. The largest absolute Gasteiger partial charge is 0.464 e. The van der Waals surface area contributed by atoms with Gasteiger partial charge in [0.25, 0.3) is 8.32 Å². The molecule has 14 heteroatoms. The number of alkyl carbamates (subject to hydrolysis) is 1. The summed E-state index contributed by atoms with van der Waals surface area (Å²) in [6.45, 7) is 25.5. The number of esters is 2. The molecule has 1 unspecified atom stereocenters. The molecule has 356 valence electrons. The molecule has 2 aromatic carbocycles. The zero-order chi connectivity index (χ0) is 47.6. The number of hydrogen-bond acceptors (Lipinski definition) is 12. The monoisotopic (exact) mass is 909 g/mol. The van der Waals surface area contributed by atoms with Crippen LogP contribution in [-0.2, 0) is 47.2 Å². The van der Waals surface area contributed by atoms with Crippen LogP contribution in [-0.4, -0.2) is 113 Å². The summed E-state index contributed by atoms with van der Waals surface area (Å²) in [5.41, 5.74) is -2.07. The van der Waals surface area contributed by atoms with Crippen molar-refractivity contribution in [2.75, 3.05) is 27.8 Å². The van der Waals surface area contributed by atoms with E-state index in [1.807, 2.05) is 71.0 Å². The fourth-order valence-corrected chi connectivity index (χ4v) is 15.1. The summed E-state index contributed by atoms with van der Waals surface area (Å²) in [6.07, 6.45) is -1.09. The van der Waals surface area contributed by atoms with Crippen LogP contribution >= 0.6 is 0 Å². The molecule has 3 heterocycles. The van der Waals surface area contributed by atoms with Crippen molar-refractivity contribution in [2.45, 2.75) is 168 Å². The van der Waals surface area contributed by atoms with Crippen LogP contribution in [0.25, 0.3) is 0 Å².